The number of nitrogens with one attached hydrogen (secondary N) is 1. The summed E-state index contributed by atoms with van der Waals surface area (Å²) in [4.78, 5) is 12.7. The van der Waals surface area contributed by atoms with Crippen molar-refractivity contribution < 1.29 is 22.3 Å². The highest BCUT2D eigenvalue weighted by atomic mass is 35.5. The third kappa shape index (κ3) is 5.06. The molecule has 1 atom stereocenters. The first kappa shape index (κ1) is 22.8. The van der Waals surface area contributed by atoms with Gasteiger partial charge in [-0.2, -0.15) is 4.31 Å². The fourth-order valence-electron chi connectivity index (χ4n) is 3.26. The molecule has 0 aromatic heterocycles. The molecule has 162 valence electrons. The second-order valence-electron chi connectivity index (χ2n) is 6.85. The van der Waals surface area contributed by atoms with E-state index in [-0.39, 0.29) is 27.4 Å². The van der Waals surface area contributed by atoms with Gasteiger partial charge < -0.3 is 10.1 Å². The van der Waals surface area contributed by atoms with Gasteiger partial charge >= 0.3 is 0 Å². The highest BCUT2D eigenvalue weighted by Crippen LogP contribution is 2.31. The molecule has 0 aliphatic carbocycles. The van der Waals surface area contributed by atoms with Gasteiger partial charge in [-0.05, 0) is 56.2 Å². The monoisotopic (exact) mass is 474 g/mol. The number of halogens is 3. The van der Waals surface area contributed by atoms with Crippen LogP contribution in [0.2, 0.25) is 10.0 Å². The highest BCUT2D eigenvalue weighted by Gasteiger charge is 2.33. The number of anilines is 1. The Hall–Kier alpha value is -1.87. The number of carbonyl (C=O) groups excluding carboxylic acids is 1. The highest BCUT2D eigenvalue weighted by molar-refractivity contribution is 7.89. The lowest BCUT2D eigenvalue weighted by atomic mass is 9.99. The molecule has 1 amide bonds. The summed E-state index contributed by atoms with van der Waals surface area (Å²) in [5.41, 5.74) is 0.352. The average Bonchev–Trinajstić information content (AvgIpc) is 2.72. The topological polar surface area (TPSA) is 75.7 Å². The molecule has 0 radical (unpaired) electrons. The van der Waals surface area contributed by atoms with Crippen molar-refractivity contribution in [3.8, 4) is 5.75 Å². The molecule has 0 saturated carbocycles. The molecule has 1 fully saturated rings. The first-order valence-corrected chi connectivity index (χ1v) is 11.6. The molecule has 0 bridgehead atoms. The number of nitrogens with zero attached hydrogens (tertiary/aromatic N) is 1. The predicted molar refractivity (Wildman–Crippen MR) is 114 cm³/mol. The summed E-state index contributed by atoms with van der Waals surface area (Å²) in [6, 6.07) is 8.19. The summed E-state index contributed by atoms with van der Waals surface area (Å²) in [7, 11) is -3.83. The van der Waals surface area contributed by atoms with Crippen molar-refractivity contribution in [1.29, 1.82) is 0 Å². The summed E-state index contributed by atoms with van der Waals surface area (Å²) < 4.78 is 46.0. The Morgan fingerprint density at radius 2 is 2.00 bits per heavy atom. The first-order valence-electron chi connectivity index (χ1n) is 9.40. The van der Waals surface area contributed by atoms with Gasteiger partial charge in [0.25, 0.3) is 0 Å². The fraction of sp³-hybridized carbons (Fsp3) is 0.350. The van der Waals surface area contributed by atoms with Crippen molar-refractivity contribution in [2.24, 2.45) is 5.92 Å². The minimum atomic E-state index is -3.83. The molecule has 0 unspecified atom stereocenters. The molecule has 30 heavy (non-hydrogen) atoms. The van der Waals surface area contributed by atoms with Crippen LogP contribution in [0.1, 0.15) is 19.8 Å². The normalized spacial score (nSPS) is 17.5. The second-order valence-corrected chi connectivity index (χ2v) is 9.60. The maximum Gasteiger partial charge on any atom is 0.243 e. The molecule has 2 aromatic rings. The molecular weight excluding hydrogens is 454 g/mol. The summed E-state index contributed by atoms with van der Waals surface area (Å²) in [6.07, 6.45) is 1.07. The van der Waals surface area contributed by atoms with Crippen LogP contribution in [-0.4, -0.2) is 38.3 Å². The van der Waals surface area contributed by atoms with Crippen LogP contribution >= 0.6 is 23.2 Å². The van der Waals surface area contributed by atoms with Crippen LogP contribution in [0.25, 0.3) is 0 Å². The molecule has 2 aromatic carbocycles. The smallest absolute Gasteiger partial charge is 0.243 e. The first-order chi connectivity index (χ1) is 14.2. The van der Waals surface area contributed by atoms with Crippen LogP contribution < -0.4 is 10.1 Å². The quantitative estimate of drug-likeness (QED) is 0.664. The van der Waals surface area contributed by atoms with E-state index in [0.717, 1.165) is 6.07 Å². The van der Waals surface area contributed by atoms with Gasteiger partial charge in [-0.1, -0.05) is 23.2 Å². The van der Waals surface area contributed by atoms with Gasteiger partial charge in [-0.3, -0.25) is 4.79 Å². The largest absolute Gasteiger partial charge is 0.492 e. The number of amides is 1. The van der Waals surface area contributed by atoms with E-state index < -0.39 is 21.8 Å². The van der Waals surface area contributed by atoms with Gasteiger partial charge in [-0.15, -0.1) is 0 Å². The molecule has 1 saturated heterocycles. The van der Waals surface area contributed by atoms with Crippen molar-refractivity contribution in [2.45, 2.75) is 24.7 Å². The minimum Gasteiger partial charge on any atom is -0.492 e. The van der Waals surface area contributed by atoms with E-state index in [1.54, 1.807) is 6.92 Å². The Bertz CT molecular complexity index is 1050. The molecule has 1 aliphatic heterocycles. The summed E-state index contributed by atoms with van der Waals surface area (Å²) >= 11 is 11.9. The zero-order valence-corrected chi connectivity index (χ0v) is 18.5. The van der Waals surface area contributed by atoms with Crippen molar-refractivity contribution >= 4 is 44.8 Å². The Morgan fingerprint density at radius 3 is 2.67 bits per heavy atom. The number of ether oxygens (including phenoxy) is 1. The number of carbonyl (C=O) groups is 1. The van der Waals surface area contributed by atoms with Crippen LogP contribution in [0, 0.1) is 11.7 Å². The molecular formula is C20H21Cl2FN2O4S. The van der Waals surface area contributed by atoms with E-state index in [2.05, 4.69) is 5.32 Å². The molecule has 3 rings (SSSR count). The van der Waals surface area contributed by atoms with E-state index in [0.29, 0.717) is 37.4 Å². The molecule has 0 spiro atoms. The van der Waals surface area contributed by atoms with Crippen LogP contribution in [-0.2, 0) is 14.8 Å². The summed E-state index contributed by atoms with van der Waals surface area (Å²) in [6.45, 7) is 2.56. The number of hydrogen-bond donors (Lipinski definition) is 1. The lowest BCUT2D eigenvalue weighted by Gasteiger charge is -2.31. The third-order valence-electron chi connectivity index (χ3n) is 4.78. The second kappa shape index (κ2) is 9.51. The van der Waals surface area contributed by atoms with Crippen LogP contribution in [0.15, 0.2) is 41.3 Å². The lowest BCUT2D eigenvalue weighted by Crippen LogP contribution is -2.43. The number of sulfonamides is 1. The van der Waals surface area contributed by atoms with Gasteiger partial charge in [0.15, 0.2) is 0 Å². The van der Waals surface area contributed by atoms with E-state index in [1.165, 1.54) is 34.6 Å². The van der Waals surface area contributed by atoms with Crippen LogP contribution in [0.5, 0.6) is 5.75 Å². The van der Waals surface area contributed by atoms with E-state index in [1.807, 2.05) is 0 Å². The summed E-state index contributed by atoms with van der Waals surface area (Å²) in [5, 5.41) is 2.78. The minimum absolute atomic E-state index is 0.0356. The number of hydrogen-bond acceptors (Lipinski definition) is 4. The molecule has 1 heterocycles. The predicted octanol–water partition coefficient (Wildman–Crippen LogP) is 4.57. The SMILES string of the molecule is CCOc1ccc(S(=O)(=O)N2CCC[C@H](C(=O)Nc3ccc(F)c(Cl)c3)C2)cc1Cl. The van der Waals surface area contributed by atoms with Gasteiger partial charge in [0.1, 0.15) is 11.6 Å². The van der Waals surface area contributed by atoms with E-state index >= 15 is 0 Å². The van der Waals surface area contributed by atoms with E-state index in [4.69, 9.17) is 27.9 Å². The van der Waals surface area contributed by atoms with Gasteiger partial charge in [-0.25, -0.2) is 12.8 Å². The zero-order chi connectivity index (χ0) is 21.9. The standard InChI is InChI=1S/C20H21Cl2FN2O4S/c1-2-29-19-8-6-15(11-17(19)22)30(27,28)25-9-3-4-13(12-25)20(26)24-14-5-7-18(23)16(21)10-14/h5-8,10-11,13H,2-4,9,12H2,1H3,(H,24,26)/t13-/m0/s1. The van der Waals surface area contributed by atoms with Crippen molar-refractivity contribution in [2.75, 3.05) is 25.0 Å². The molecule has 6 nitrogen and oxygen atoms in total. The van der Waals surface area contributed by atoms with Gasteiger partial charge in [0.2, 0.25) is 15.9 Å². The summed E-state index contributed by atoms with van der Waals surface area (Å²) in [5.74, 6) is -1.07. The van der Waals surface area contributed by atoms with Gasteiger partial charge in [0, 0.05) is 18.8 Å². The maximum absolute atomic E-state index is 13.3. The number of piperidine rings is 1. The van der Waals surface area contributed by atoms with Crippen molar-refractivity contribution in [3.05, 3.63) is 52.3 Å². The van der Waals surface area contributed by atoms with Crippen molar-refractivity contribution in [1.82, 2.24) is 4.31 Å². The molecule has 1 aliphatic rings. The van der Waals surface area contributed by atoms with E-state index in [9.17, 15) is 17.6 Å². The Kier molecular flexibility index (Phi) is 7.23. The Morgan fingerprint density at radius 1 is 1.23 bits per heavy atom. The van der Waals surface area contributed by atoms with Crippen molar-refractivity contribution in [3.63, 3.8) is 0 Å². The fourth-order valence-corrected chi connectivity index (χ4v) is 5.29. The van der Waals surface area contributed by atoms with Gasteiger partial charge in [0.05, 0.1) is 27.5 Å². The zero-order valence-electron chi connectivity index (χ0n) is 16.2. The maximum atomic E-state index is 13.3. The number of benzene rings is 2. The van der Waals surface area contributed by atoms with Crippen LogP contribution in [0.4, 0.5) is 10.1 Å². The Balaban J connectivity index is 1.73. The molecule has 1 N–H and O–H groups in total. The Labute approximate surface area is 185 Å². The lowest BCUT2D eigenvalue weighted by molar-refractivity contribution is -0.120. The van der Waals surface area contributed by atoms with Crippen LogP contribution in [0.3, 0.4) is 0 Å². The third-order valence-corrected chi connectivity index (χ3v) is 7.23. The number of rotatable bonds is 6. The molecule has 10 heteroatoms. The average molecular weight is 475 g/mol.